The molecule has 0 aliphatic heterocycles. The third-order valence-corrected chi connectivity index (χ3v) is 3.26. The molecule has 1 aromatic rings. The zero-order valence-corrected chi connectivity index (χ0v) is 13.2. The maximum Gasteiger partial charge on any atom is 0.347 e. The first kappa shape index (κ1) is 16.8. The van der Waals surface area contributed by atoms with Crippen molar-refractivity contribution in [3.8, 4) is 5.75 Å². The number of rotatable bonds is 8. The lowest BCUT2D eigenvalue weighted by molar-refractivity contribution is -0.151. The van der Waals surface area contributed by atoms with Gasteiger partial charge in [0.15, 0.2) is 6.10 Å². The van der Waals surface area contributed by atoms with Gasteiger partial charge in [-0.3, -0.25) is 0 Å². The van der Waals surface area contributed by atoms with Gasteiger partial charge in [0, 0.05) is 5.02 Å². The predicted molar refractivity (Wildman–Crippen MR) is 81.4 cm³/mol. The van der Waals surface area contributed by atoms with E-state index in [-0.39, 0.29) is 5.97 Å². The summed E-state index contributed by atoms with van der Waals surface area (Å²) >= 11 is 5.92. The second-order valence-corrected chi connectivity index (χ2v) is 5.20. The van der Waals surface area contributed by atoms with Crippen LogP contribution < -0.4 is 4.74 Å². The van der Waals surface area contributed by atoms with Crippen molar-refractivity contribution in [2.75, 3.05) is 6.61 Å². The van der Waals surface area contributed by atoms with Crippen LogP contribution in [-0.2, 0) is 9.53 Å². The Hall–Kier alpha value is -1.22. The molecule has 0 radical (unpaired) electrons. The Bertz CT molecular complexity index is 432. The zero-order valence-electron chi connectivity index (χ0n) is 12.4. The van der Waals surface area contributed by atoms with Gasteiger partial charge in [-0.2, -0.15) is 0 Å². The molecule has 0 amide bonds. The number of esters is 1. The van der Waals surface area contributed by atoms with Crippen LogP contribution in [0, 0.1) is 6.92 Å². The van der Waals surface area contributed by atoms with E-state index in [1.165, 1.54) is 0 Å². The molecule has 1 rings (SSSR count). The third kappa shape index (κ3) is 5.41. The summed E-state index contributed by atoms with van der Waals surface area (Å²) in [4.78, 5) is 11.9. The van der Waals surface area contributed by atoms with Crippen LogP contribution in [0.1, 0.15) is 45.1 Å². The number of ether oxygens (including phenoxy) is 2. The summed E-state index contributed by atoms with van der Waals surface area (Å²) in [6.45, 7) is 6.21. The molecular weight excluding hydrogens is 276 g/mol. The Morgan fingerprint density at radius 1 is 1.30 bits per heavy atom. The van der Waals surface area contributed by atoms with Gasteiger partial charge in [0.25, 0.3) is 0 Å². The van der Waals surface area contributed by atoms with Crippen molar-refractivity contribution in [1.29, 1.82) is 0 Å². The van der Waals surface area contributed by atoms with Crippen molar-refractivity contribution in [2.24, 2.45) is 0 Å². The molecule has 0 aliphatic rings. The lowest BCUT2D eigenvalue weighted by Crippen LogP contribution is -2.29. The Morgan fingerprint density at radius 2 is 2.05 bits per heavy atom. The molecule has 0 bridgehead atoms. The summed E-state index contributed by atoms with van der Waals surface area (Å²) in [6, 6.07) is 5.38. The summed E-state index contributed by atoms with van der Waals surface area (Å²) in [7, 11) is 0. The van der Waals surface area contributed by atoms with Crippen LogP contribution in [0.4, 0.5) is 0 Å². The summed E-state index contributed by atoms with van der Waals surface area (Å²) in [5, 5.41) is 0.661. The number of carbonyl (C=O) groups excluding carboxylic acids is 1. The van der Waals surface area contributed by atoms with Crippen LogP contribution in [0.3, 0.4) is 0 Å². The number of benzene rings is 1. The van der Waals surface area contributed by atoms with Gasteiger partial charge in [-0.1, -0.05) is 31.4 Å². The maximum atomic E-state index is 11.9. The fourth-order valence-electron chi connectivity index (χ4n) is 1.94. The third-order valence-electron chi connectivity index (χ3n) is 3.03. The van der Waals surface area contributed by atoms with Gasteiger partial charge in [-0.25, -0.2) is 4.79 Å². The van der Waals surface area contributed by atoms with Gasteiger partial charge < -0.3 is 9.47 Å². The molecule has 0 saturated heterocycles. The lowest BCUT2D eigenvalue weighted by Gasteiger charge is -2.19. The molecule has 0 heterocycles. The first-order chi connectivity index (χ1) is 9.58. The Labute approximate surface area is 126 Å². The van der Waals surface area contributed by atoms with Gasteiger partial charge in [-0.05, 0) is 50.5 Å². The van der Waals surface area contributed by atoms with E-state index < -0.39 is 6.10 Å². The Balaban J connectivity index is 2.74. The molecule has 3 nitrogen and oxygen atoms in total. The molecule has 0 aliphatic carbocycles. The highest BCUT2D eigenvalue weighted by molar-refractivity contribution is 6.30. The van der Waals surface area contributed by atoms with Crippen molar-refractivity contribution in [3.63, 3.8) is 0 Å². The van der Waals surface area contributed by atoms with Gasteiger partial charge in [0.2, 0.25) is 0 Å². The van der Waals surface area contributed by atoms with Crippen molar-refractivity contribution in [2.45, 2.75) is 52.6 Å². The van der Waals surface area contributed by atoms with Gasteiger partial charge in [0.05, 0.1) is 6.61 Å². The van der Waals surface area contributed by atoms with Crippen molar-refractivity contribution in [1.82, 2.24) is 0 Å². The van der Waals surface area contributed by atoms with E-state index in [2.05, 4.69) is 6.92 Å². The quantitative estimate of drug-likeness (QED) is 0.522. The minimum atomic E-state index is -0.540. The largest absolute Gasteiger partial charge is 0.478 e. The lowest BCUT2D eigenvalue weighted by atomic mass is 10.1. The summed E-state index contributed by atoms with van der Waals surface area (Å²) < 4.78 is 10.9. The summed E-state index contributed by atoms with van der Waals surface area (Å²) in [5.74, 6) is 0.391. The van der Waals surface area contributed by atoms with E-state index in [4.69, 9.17) is 21.1 Å². The topological polar surface area (TPSA) is 35.5 Å². The standard InChI is InChI=1S/C16H23ClO3/c1-4-6-7-8-15(16(18)19-5-2)20-14-10-9-13(17)11-12(14)3/h9-11,15H,4-8H2,1-3H3/t15-/m1/s1. The average Bonchev–Trinajstić information content (AvgIpc) is 2.40. The van der Waals surface area contributed by atoms with Crippen LogP contribution in [0.25, 0.3) is 0 Å². The molecule has 0 unspecified atom stereocenters. The predicted octanol–water partition coefficient (Wildman–Crippen LogP) is 4.54. The number of carbonyl (C=O) groups is 1. The molecule has 1 atom stereocenters. The molecule has 4 heteroatoms. The normalized spacial score (nSPS) is 12.0. The van der Waals surface area contributed by atoms with E-state index in [1.807, 2.05) is 13.0 Å². The molecular formula is C16H23ClO3. The summed E-state index contributed by atoms with van der Waals surface area (Å²) in [6.07, 6.45) is 3.27. The monoisotopic (exact) mass is 298 g/mol. The fourth-order valence-corrected chi connectivity index (χ4v) is 2.16. The number of halogens is 1. The molecule has 0 spiro atoms. The number of hydrogen-bond acceptors (Lipinski definition) is 3. The van der Waals surface area contributed by atoms with Crippen LogP contribution in [0.5, 0.6) is 5.75 Å². The van der Waals surface area contributed by atoms with Crippen LogP contribution in [0.2, 0.25) is 5.02 Å². The van der Waals surface area contributed by atoms with Gasteiger partial charge in [0.1, 0.15) is 5.75 Å². The summed E-state index contributed by atoms with van der Waals surface area (Å²) in [5.41, 5.74) is 0.919. The fraction of sp³-hybridized carbons (Fsp3) is 0.562. The molecule has 0 saturated carbocycles. The maximum absolute atomic E-state index is 11.9. The smallest absolute Gasteiger partial charge is 0.347 e. The minimum Gasteiger partial charge on any atom is -0.478 e. The highest BCUT2D eigenvalue weighted by Crippen LogP contribution is 2.24. The van der Waals surface area contributed by atoms with E-state index in [0.717, 1.165) is 24.8 Å². The zero-order chi connectivity index (χ0) is 15.0. The van der Waals surface area contributed by atoms with Crippen molar-refractivity contribution in [3.05, 3.63) is 28.8 Å². The molecule has 0 fully saturated rings. The number of aryl methyl sites for hydroxylation is 1. The van der Waals surface area contributed by atoms with E-state index in [9.17, 15) is 4.79 Å². The van der Waals surface area contributed by atoms with Crippen LogP contribution >= 0.6 is 11.6 Å². The van der Waals surface area contributed by atoms with E-state index in [0.29, 0.717) is 23.8 Å². The van der Waals surface area contributed by atoms with E-state index in [1.54, 1.807) is 19.1 Å². The second-order valence-electron chi connectivity index (χ2n) is 4.76. The molecule has 20 heavy (non-hydrogen) atoms. The van der Waals surface area contributed by atoms with Crippen LogP contribution in [0.15, 0.2) is 18.2 Å². The minimum absolute atomic E-state index is 0.294. The van der Waals surface area contributed by atoms with E-state index >= 15 is 0 Å². The van der Waals surface area contributed by atoms with Crippen LogP contribution in [-0.4, -0.2) is 18.7 Å². The molecule has 0 aromatic heterocycles. The highest BCUT2D eigenvalue weighted by atomic mass is 35.5. The Kier molecular flexibility index (Phi) is 7.45. The Morgan fingerprint density at radius 3 is 2.65 bits per heavy atom. The van der Waals surface area contributed by atoms with Gasteiger partial charge in [-0.15, -0.1) is 0 Å². The second kappa shape index (κ2) is 8.85. The SMILES string of the molecule is CCCCC[C@@H](Oc1ccc(Cl)cc1C)C(=O)OCC. The van der Waals surface area contributed by atoms with Gasteiger partial charge >= 0.3 is 5.97 Å². The molecule has 0 N–H and O–H groups in total. The first-order valence-corrected chi connectivity index (χ1v) is 7.55. The highest BCUT2D eigenvalue weighted by Gasteiger charge is 2.22. The molecule has 112 valence electrons. The first-order valence-electron chi connectivity index (χ1n) is 7.17. The van der Waals surface area contributed by atoms with Crippen molar-refractivity contribution >= 4 is 17.6 Å². The molecule has 1 aromatic carbocycles. The average molecular weight is 299 g/mol. The number of hydrogen-bond donors (Lipinski definition) is 0. The van der Waals surface area contributed by atoms with Crippen molar-refractivity contribution < 1.29 is 14.3 Å². The number of unbranched alkanes of at least 4 members (excludes halogenated alkanes) is 2.